The van der Waals surface area contributed by atoms with E-state index in [0.29, 0.717) is 5.69 Å². The molecule has 0 saturated carbocycles. The van der Waals surface area contributed by atoms with Gasteiger partial charge in [-0.2, -0.15) is 5.10 Å². The summed E-state index contributed by atoms with van der Waals surface area (Å²) < 4.78 is 5.05. The van der Waals surface area contributed by atoms with Crippen LogP contribution in [0.15, 0.2) is 53.6 Å². The summed E-state index contributed by atoms with van der Waals surface area (Å²) in [5, 5.41) is 6.28. The zero-order valence-electron chi connectivity index (χ0n) is 13.6. The van der Waals surface area contributed by atoms with Gasteiger partial charge >= 0.3 is 11.8 Å². The summed E-state index contributed by atoms with van der Waals surface area (Å²) >= 11 is 0. The minimum atomic E-state index is -0.834. The molecule has 0 radical (unpaired) electrons. The highest BCUT2D eigenvalue weighted by atomic mass is 16.5. The summed E-state index contributed by atoms with van der Waals surface area (Å²) in [7, 11) is 1.58. The fraction of sp³-hybridized carbons (Fsp3) is 0.167. The Balaban J connectivity index is 1.86. The second-order valence-electron chi connectivity index (χ2n) is 4.98. The molecule has 2 aromatic carbocycles. The van der Waals surface area contributed by atoms with Crippen LogP contribution >= 0.6 is 0 Å². The predicted octanol–water partition coefficient (Wildman–Crippen LogP) is 2.35. The zero-order valence-corrected chi connectivity index (χ0v) is 13.6. The van der Waals surface area contributed by atoms with E-state index in [4.69, 9.17) is 4.74 Å². The van der Waals surface area contributed by atoms with Gasteiger partial charge in [-0.3, -0.25) is 9.59 Å². The lowest BCUT2D eigenvalue weighted by Crippen LogP contribution is -2.32. The van der Waals surface area contributed by atoms with Crippen LogP contribution in [0.3, 0.4) is 0 Å². The Kier molecular flexibility index (Phi) is 6.08. The first-order valence-corrected chi connectivity index (χ1v) is 7.49. The summed E-state index contributed by atoms with van der Waals surface area (Å²) in [6, 6.07) is 14.4. The molecule has 2 aromatic rings. The van der Waals surface area contributed by atoms with E-state index in [-0.39, 0.29) is 0 Å². The zero-order chi connectivity index (χ0) is 17.4. The molecule has 24 heavy (non-hydrogen) atoms. The van der Waals surface area contributed by atoms with Crippen molar-refractivity contribution in [1.82, 2.24) is 5.43 Å². The van der Waals surface area contributed by atoms with Crippen molar-refractivity contribution in [2.45, 2.75) is 13.3 Å². The smallest absolute Gasteiger partial charge is 0.329 e. The minimum absolute atomic E-state index is 0.562. The number of hydrogen-bond acceptors (Lipinski definition) is 4. The highest BCUT2D eigenvalue weighted by Crippen LogP contribution is 2.10. The number of methoxy groups -OCH3 is 1. The largest absolute Gasteiger partial charge is 0.497 e. The SMILES string of the molecule is CCc1ccc(NC(=O)C(=O)NN=Cc2ccc(OC)cc2)cc1. The van der Waals surface area contributed by atoms with Crippen molar-refractivity contribution < 1.29 is 14.3 Å². The van der Waals surface area contributed by atoms with Gasteiger partial charge < -0.3 is 10.1 Å². The van der Waals surface area contributed by atoms with Gasteiger partial charge in [-0.1, -0.05) is 19.1 Å². The van der Waals surface area contributed by atoms with Gasteiger partial charge in [0.1, 0.15) is 5.75 Å². The summed E-state index contributed by atoms with van der Waals surface area (Å²) in [6.45, 7) is 2.04. The van der Waals surface area contributed by atoms with Gasteiger partial charge in [-0.05, 0) is 53.9 Å². The molecule has 2 amide bonds. The molecule has 0 fully saturated rings. The molecule has 6 nitrogen and oxygen atoms in total. The molecular formula is C18H19N3O3. The standard InChI is InChI=1S/C18H19N3O3/c1-3-13-4-8-15(9-5-13)20-17(22)18(23)21-19-12-14-6-10-16(24-2)11-7-14/h4-12H,3H2,1-2H3,(H,20,22)(H,21,23). The number of amides is 2. The average molecular weight is 325 g/mol. The first kappa shape index (κ1) is 17.2. The van der Waals surface area contributed by atoms with Crippen molar-refractivity contribution in [2.75, 3.05) is 12.4 Å². The molecule has 0 heterocycles. The van der Waals surface area contributed by atoms with Crippen molar-refractivity contribution in [3.8, 4) is 5.75 Å². The number of benzene rings is 2. The van der Waals surface area contributed by atoms with E-state index in [2.05, 4.69) is 15.8 Å². The van der Waals surface area contributed by atoms with Crippen molar-refractivity contribution in [1.29, 1.82) is 0 Å². The molecule has 0 saturated heterocycles. The van der Waals surface area contributed by atoms with Crippen molar-refractivity contribution in [2.24, 2.45) is 5.10 Å². The lowest BCUT2D eigenvalue weighted by atomic mass is 10.1. The number of aryl methyl sites for hydroxylation is 1. The maximum atomic E-state index is 11.8. The molecule has 0 aliphatic heterocycles. The predicted molar refractivity (Wildman–Crippen MR) is 93.2 cm³/mol. The number of hydrazone groups is 1. The van der Waals surface area contributed by atoms with Crippen LogP contribution in [0.25, 0.3) is 0 Å². The summed E-state index contributed by atoms with van der Waals surface area (Å²) in [6.07, 6.45) is 2.36. The number of rotatable bonds is 5. The number of nitrogens with zero attached hydrogens (tertiary/aromatic N) is 1. The van der Waals surface area contributed by atoms with E-state index < -0.39 is 11.8 Å². The van der Waals surface area contributed by atoms with Crippen LogP contribution in [0, 0.1) is 0 Å². The molecule has 0 bridgehead atoms. The molecule has 6 heteroatoms. The maximum Gasteiger partial charge on any atom is 0.329 e. The lowest BCUT2D eigenvalue weighted by molar-refractivity contribution is -0.136. The molecular weight excluding hydrogens is 306 g/mol. The normalized spacial score (nSPS) is 10.4. The Morgan fingerprint density at radius 1 is 1.04 bits per heavy atom. The molecule has 0 aromatic heterocycles. The third-order valence-electron chi connectivity index (χ3n) is 3.32. The van der Waals surface area contributed by atoms with Crippen molar-refractivity contribution >= 4 is 23.7 Å². The van der Waals surface area contributed by atoms with Crippen LogP contribution in [0.1, 0.15) is 18.1 Å². The average Bonchev–Trinajstić information content (AvgIpc) is 2.62. The van der Waals surface area contributed by atoms with Gasteiger partial charge in [0, 0.05) is 5.69 Å². The molecule has 0 spiro atoms. The maximum absolute atomic E-state index is 11.8. The van der Waals surface area contributed by atoms with Crippen LogP contribution in [0.2, 0.25) is 0 Å². The second kappa shape index (κ2) is 8.47. The van der Waals surface area contributed by atoms with Crippen LogP contribution < -0.4 is 15.5 Å². The monoisotopic (exact) mass is 325 g/mol. The number of ether oxygens (including phenoxy) is 1. The number of anilines is 1. The topological polar surface area (TPSA) is 79.8 Å². The summed E-state index contributed by atoms with van der Waals surface area (Å²) in [5.41, 5.74) is 4.68. The molecule has 0 unspecified atom stereocenters. The molecule has 0 atom stereocenters. The van der Waals surface area contributed by atoms with Gasteiger partial charge in [-0.25, -0.2) is 5.43 Å². The van der Waals surface area contributed by atoms with Gasteiger partial charge in [0.2, 0.25) is 0 Å². The molecule has 124 valence electrons. The van der Waals surface area contributed by atoms with E-state index in [1.165, 1.54) is 6.21 Å². The first-order valence-electron chi connectivity index (χ1n) is 7.49. The third kappa shape index (κ3) is 4.95. The lowest BCUT2D eigenvalue weighted by Gasteiger charge is -2.04. The van der Waals surface area contributed by atoms with Gasteiger partial charge in [0.05, 0.1) is 13.3 Å². The van der Waals surface area contributed by atoms with E-state index in [9.17, 15) is 9.59 Å². The van der Waals surface area contributed by atoms with Crippen LogP contribution in [0.4, 0.5) is 5.69 Å². The first-order chi connectivity index (χ1) is 11.6. The Morgan fingerprint density at radius 3 is 2.29 bits per heavy atom. The number of carbonyl (C=O) groups is 2. The highest BCUT2D eigenvalue weighted by molar-refractivity contribution is 6.39. The molecule has 0 aliphatic carbocycles. The van der Waals surface area contributed by atoms with Gasteiger partial charge in [-0.15, -0.1) is 0 Å². The van der Waals surface area contributed by atoms with Gasteiger partial charge in [0.25, 0.3) is 0 Å². The van der Waals surface area contributed by atoms with Crippen LogP contribution in [-0.4, -0.2) is 25.1 Å². The van der Waals surface area contributed by atoms with Crippen LogP contribution in [-0.2, 0) is 16.0 Å². The molecule has 0 aliphatic rings. The fourth-order valence-electron chi connectivity index (χ4n) is 1.92. The Hall–Kier alpha value is -3.15. The number of nitrogens with one attached hydrogen (secondary N) is 2. The van der Waals surface area contributed by atoms with Crippen molar-refractivity contribution in [3.05, 3.63) is 59.7 Å². The summed E-state index contributed by atoms with van der Waals surface area (Å²) in [5.74, 6) is -0.880. The number of carbonyl (C=O) groups excluding carboxylic acids is 2. The minimum Gasteiger partial charge on any atom is -0.497 e. The summed E-state index contributed by atoms with van der Waals surface area (Å²) in [4.78, 5) is 23.5. The Labute approximate surface area is 140 Å². The molecule has 2 rings (SSSR count). The molecule has 2 N–H and O–H groups in total. The van der Waals surface area contributed by atoms with Crippen molar-refractivity contribution in [3.63, 3.8) is 0 Å². The fourth-order valence-corrected chi connectivity index (χ4v) is 1.92. The third-order valence-corrected chi connectivity index (χ3v) is 3.32. The quantitative estimate of drug-likeness (QED) is 0.503. The highest BCUT2D eigenvalue weighted by Gasteiger charge is 2.12. The van der Waals surface area contributed by atoms with Gasteiger partial charge in [0.15, 0.2) is 0 Å². The second-order valence-corrected chi connectivity index (χ2v) is 4.98. The van der Waals surface area contributed by atoms with Crippen LogP contribution in [0.5, 0.6) is 5.75 Å². The Morgan fingerprint density at radius 2 is 1.71 bits per heavy atom. The van der Waals surface area contributed by atoms with E-state index in [0.717, 1.165) is 23.3 Å². The van der Waals surface area contributed by atoms with E-state index in [1.54, 1.807) is 43.5 Å². The van der Waals surface area contributed by atoms with E-state index in [1.807, 2.05) is 19.1 Å². The van der Waals surface area contributed by atoms with E-state index >= 15 is 0 Å². The Bertz CT molecular complexity index is 722. The number of hydrogen-bond donors (Lipinski definition) is 2.